The summed E-state index contributed by atoms with van der Waals surface area (Å²) < 4.78 is 36.2. The van der Waals surface area contributed by atoms with Crippen molar-refractivity contribution in [3.05, 3.63) is 87.7 Å². The lowest BCUT2D eigenvalue weighted by Crippen LogP contribution is -2.47. The smallest absolute Gasteiger partial charge is 0.293 e. The van der Waals surface area contributed by atoms with Crippen LogP contribution in [0.2, 0.25) is 0 Å². The Hall–Kier alpha value is -4.50. The van der Waals surface area contributed by atoms with Gasteiger partial charge in [0.25, 0.3) is 5.69 Å². The molecule has 0 amide bonds. The van der Waals surface area contributed by atoms with Crippen molar-refractivity contribution in [1.82, 2.24) is 19.6 Å². The molecule has 3 saturated carbocycles. The SMILES string of the molecule is C[C@H]1C[C@@H](C2=C(CN3CCN(c4ccc(C(O)NS(=O)(=O)c5ccc(NC6CCCCC6)c([N+](=O)[O-])c5)c(Oc5cnc6[nH]ccc6c5)c4)CC3)CCC(C)(C)C2)C2CC21. The van der Waals surface area contributed by atoms with Crippen LogP contribution in [0.3, 0.4) is 0 Å². The molecule has 13 nitrogen and oxygen atoms in total. The summed E-state index contributed by atoms with van der Waals surface area (Å²) in [7, 11) is -4.42. The van der Waals surface area contributed by atoms with Crippen LogP contribution in [0.4, 0.5) is 17.1 Å². The molecule has 1 saturated heterocycles. The summed E-state index contributed by atoms with van der Waals surface area (Å²) in [6, 6.07) is 13.0. The van der Waals surface area contributed by atoms with Gasteiger partial charge in [-0.2, -0.15) is 4.72 Å². The number of allylic oxidation sites excluding steroid dienone is 1. The van der Waals surface area contributed by atoms with E-state index < -0.39 is 21.2 Å². The van der Waals surface area contributed by atoms with Gasteiger partial charge in [0, 0.05) is 73.7 Å². The second-order valence-electron chi connectivity index (χ2n) is 19.0. The van der Waals surface area contributed by atoms with Crippen LogP contribution in [0.25, 0.3) is 11.0 Å². The number of nitro benzene ring substituents is 1. The lowest BCUT2D eigenvalue weighted by Gasteiger charge is -2.40. The first-order valence-corrected chi connectivity index (χ1v) is 23.5. The molecule has 0 spiro atoms. The highest BCUT2D eigenvalue weighted by molar-refractivity contribution is 7.89. The zero-order valence-electron chi connectivity index (χ0n) is 35.0. The minimum absolute atomic E-state index is 0.0919. The number of anilines is 2. The number of hydrogen-bond donors (Lipinski definition) is 4. The van der Waals surface area contributed by atoms with Gasteiger partial charge in [0.15, 0.2) is 0 Å². The van der Waals surface area contributed by atoms with Crippen molar-refractivity contribution >= 4 is 38.1 Å². The standard InChI is InChI=1S/C46H59N7O6S/c1-29-21-38(39-25-37(29)39)40-26-46(2,3)15-13-31(40)28-51-17-19-52(20-18-51)33-9-11-36(43(23-33)59-34-22-30-14-16-47-44(30)48-27-34)45(54)50-60(57,58)35-10-12-41(42(24-35)53(55)56)49-32-7-5-4-6-8-32/h9-12,14,16,22-24,27,29,32,37-39,45,49-50,54H,4-8,13,15,17-21,25-26,28H2,1-3H3,(H,47,48)/t29-,37?,38+,39?,45?/m0/s1. The molecule has 4 N–H and O–H groups in total. The fourth-order valence-corrected chi connectivity index (χ4v) is 11.8. The van der Waals surface area contributed by atoms with Crippen molar-refractivity contribution in [3.63, 3.8) is 0 Å². The van der Waals surface area contributed by atoms with Crippen LogP contribution >= 0.6 is 0 Å². The molecule has 0 radical (unpaired) electrons. The normalized spacial score (nSPS) is 25.3. The van der Waals surface area contributed by atoms with E-state index in [0.29, 0.717) is 16.8 Å². The summed E-state index contributed by atoms with van der Waals surface area (Å²) in [5.41, 5.74) is 5.58. The van der Waals surface area contributed by atoms with E-state index in [1.54, 1.807) is 29.6 Å². The number of sulfonamides is 1. The van der Waals surface area contributed by atoms with E-state index in [4.69, 9.17) is 4.74 Å². The number of nitrogens with one attached hydrogen (secondary N) is 3. The quantitative estimate of drug-likeness (QED) is 0.0442. The average Bonchev–Trinajstić information content (AvgIpc) is 3.77. The second-order valence-corrected chi connectivity index (χ2v) is 20.7. The highest BCUT2D eigenvalue weighted by Gasteiger charge is 2.54. The van der Waals surface area contributed by atoms with E-state index in [-0.39, 0.29) is 33.6 Å². The summed E-state index contributed by atoms with van der Waals surface area (Å²) in [5.74, 6) is 4.17. The number of aliphatic hydroxyl groups excluding tert-OH is 1. The average molecular weight is 838 g/mol. The van der Waals surface area contributed by atoms with Gasteiger partial charge in [-0.05, 0) is 110 Å². The Kier molecular flexibility index (Phi) is 11.2. The van der Waals surface area contributed by atoms with Crippen LogP contribution in [0.5, 0.6) is 11.5 Å². The number of H-pyrrole nitrogens is 1. The van der Waals surface area contributed by atoms with Crippen LogP contribution in [0.1, 0.15) is 96.8 Å². The van der Waals surface area contributed by atoms with Gasteiger partial charge in [-0.15, -0.1) is 0 Å². The first-order valence-electron chi connectivity index (χ1n) is 22.0. The number of aromatic amines is 1. The van der Waals surface area contributed by atoms with Crippen molar-refractivity contribution in [3.8, 4) is 11.5 Å². The van der Waals surface area contributed by atoms with Gasteiger partial charge in [0.1, 0.15) is 29.1 Å². The molecule has 9 rings (SSSR count). The van der Waals surface area contributed by atoms with Crippen molar-refractivity contribution in [2.75, 3.05) is 42.9 Å². The van der Waals surface area contributed by atoms with Gasteiger partial charge in [-0.3, -0.25) is 15.0 Å². The van der Waals surface area contributed by atoms with Crippen LogP contribution in [0.15, 0.2) is 77.0 Å². The Labute approximate surface area is 353 Å². The van der Waals surface area contributed by atoms with E-state index in [2.05, 4.69) is 50.6 Å². The molecular formula is C46H59N7O6S. The Morgan fingerprint density at radius 1 is 1.03 bits per heavy atom. The maximum absolute atomic E-state index is 13.7. The summed E-state index contributed by atoms with van der Waals surface area (Å²) in [6.45, 7) is 11.9. The number of ether oxygens (including phenoxy) is 1. The van der Waals surface area contributed by atoms with Gasteiger partial charge >= 0.3 is 0 Å². The zero-order valence-corrected chi connectivity index (χ0v) is 35.8. The third-order valence-corrected chi connectivity index (χ3v) is 15.6. The number of nitrogens with zero attached hydrogens (tertiary/aromatic N) is 4. The Morgan fingerprint density at radius 2 is 1.83 bits per heavy atom. The van der Waals surface area contributed by atoms with Crippen molar-refractivity contribution in [1.29, 1.82) is 0 Å². The highest BCUT2D eigenvalue weighted by Crippen LogP contribution is 2.62. The molecule has 3 unspecified atom stereocenters. The monoisotopic (exact) mass is 837 g/mol. The number of benzene rings is 2. The molecule has 60 heavy (non-hydrogen) atoms. The number of hydrogen-bond acceptors (Lipinski definition) is 10. The Morgan fingerprint density at radius 3 is 2.57 bits per heavy atom. The van der Waals surface area contributed by atoms with Crippen molar-refractivity contribution in [2.45, 2.75) is 102 Å². The molecule has 5 atom stereocenters. The molecule has 4 aliphatic carbocycles. The zero-order chi connectivity index (χ0) is 41.8. The van der Waals surface area contributed by atoms with Crippen LogP contribution in [-0.2, 0) is 10.0 Å². The molecular weight excluding hydrogens is 779 g/mol. The molecule has 5 aliphatic rings. The lowest BCUT2D eigenvalue weighted by atomic mass is 9.69. The summed E-state index contributed by atoms with van der Waals surface area (Å²) >= 11 is 0. The Bertz CT molecular complexity index is 2380. The predicted octanol–water partition coefficient (Wildman–Crippen LogP) is 8.90. The molecule has 0 bridgehead atoms. The molecule has 2 aromatic heterocycles. The van der Waals surface area contributed by atoms with Gasteiger partial charge in [0.05, 0.1) is 16.0 Å². The molecule has 4 fully saturated rings. The van der Waals surface area contributed by atoms with Gasteiger partial charge in [-0.25, -0.2) is 13.4 Å². The van der Waals surface area contributed by atoms with E-state index in [0.717, 1.165) is 106 Å². The first-order chi connectivity index (χ1) is 28.8. The maximum Gasteiger partial charge on any atom is 0.293 e. The molecule has 2 aromatic carbocycles. The van der Waals surface area contributed by atoms with E-state index in [1.807, 2.05) is 24.3 Å². The van der Waals surface area contributed by atoms with Crippen LogP contribution in [0, 0.1) is 39.2 Å². The molecule has 4 aromatic rings. The lowest BCUT2D eigenvalue weighted by molar-refractivity contribution is -0.384. The fraction of sp³-hybridized carbons (Fsp3) is 0.543. The van der Waals surface area contributed by atoms with Crippen LogP contribution < -0.4 is 19.7 Å². The van der Waals surface area contributed by atoms with E-state index in [9.17, 15) is 23.6 Å². The third-order valence-electron chi connectivity index (χ3n) is 14.2. The van der Waals surface area contributed by atoms with E-state index in [1.165, 1.54) is 44.2 Å². The van der Waals surface area contributed by atoms with Crippen LogP contribution in [-0.4, -0.2) is 72.1 Å². The Balaban J connectivity index is 0.929. The summed E-state index contributed by atoms with van der Waals surface area (Å²) in [6.07, 6.45) is 13.1. The third kappa shape index (κ3) is 8.66. The highest BCUT2D eigenvalue weighted by atomic mass is 32.2. The fourth-order valence-electron chi connectivity index (χ4n) is 10.7. The second kappa shape index (κ2) is 16.4. The summed E-state index contributed by atoms with van der Waals surface area (Å²) in [5, 5.41) is 27.8. The largest absolute Gasteiger partial charge is 0.455 e. The molecule has 1 aliphatic heterocycles. The van der Waals surface area contributed by atoms with E-state index >= 15 is 0 Å². The minimum Gasteiger partial charge on any atom is -0.455 e. The number of rotatable bonds is 13. The summed E-state index contributed by atoms with van der Waals surface area (Å²) in [4.78, 5) is 23.7. The number of pyridine rings is 1. The van der Waals surface area contributed by atoms with Crippen molar-refractivity contribution < 1.29 is 23.2 Å². The molecule has 3 heterocycles. The number of piperazine rings is 1. The number of aliphatic hydroxyl groups is 1. The number of nitro groups is 1. The number of aromatic nitrogens is 2. The molecule has 320 valence electrons. The van der Waals surface area contributed by atoms with Crippen molar-refractivity contribution in [2.24, 2.45) is 29.1 Å². The number of fused-ring (bicyclic) bond motifs is 2. The maximum atomic E-state index is 13.7. The first kappa shape index (κ1) is 40.9. The van der Waals surface area contributed by atoms with Gasteiger partial charge in [0.2, 0.25) is 10.0 Å². The predicted molar refractivity (Wildman–Crippen MR) is 234 cm³/mol. The van der Waals surface area contributed by atoms with Gasteiger partial charge < -0.3 is 25.0 Å². The van der Waals surface area contributed by atoms with Gasteiger partial charge in [-0.1, -0.05) is 51.2 Å². The minimum atomic E-state index is -4.42. The molecule has 14 heteroatoms. The topological polar surface area (TPSA) is 166 Å².